The molecule has 7 aromatic rings. The maximum Gasteiger partial charge on any atom is 0.146 e. The molecule has 0 amide bonds. The Morgan fingerprint density at radius 3 is 1.53 bits per heavy atom. The largest absolute Gasteiger partial charge is 0.477 e. The average Bonchev–Trinajstić information content (AvgIpc) is 3.76. The van der Waals surface area contributed by atoms with Crippen LogP contribution in [0.1, 0.15) is 52.7 Å². The molecule has 279 valence electrons. The van der Waals surface area contributed by atoms with E-state index in [0.717, 1.165) is 57.1 Å². The first-order chi connectivity index (χ1) is 26.0. The van der Waals surface area contributed by atoms with Crippen LogP contribution in [0.25, 0.3) is 11.0 Å². The molecule has 0 fully saturated rings. The molecule has 2 aliphatic rings. The van der Waals surface area contributed by atoms with E-state index in [2.05, 4.69) is 123 Å². The number of benzene rings is 5. The maximum atomic E-state index is 4.99. The number of rotatable bonds is 4. The van der Waals surface area contributed by atoms with E-state index in [0.29, 0.717) is 0 Å². The van der Waals surface area contributed by atoms with Crippen LogP contribution in [0.2, 0.25) is 0 Å². The van der Waals surface area contributed by atoms with Crippen LogP contribution >= 0.6 is 0 Å². The number of nitrogens with zero attached hydrogens (tertiary/aromatic N) is 8. The number of hydrogen-bond acceptors (Lipinski definition) is 8. The van der Waals surface area contributed by atoms with Crippen molar-refractivity contribution in [2.45, 2.75) is 52.4 Å². The SMILES string of the molecule is CC(C)(C)c1c[c-]c(N2[CH-]N(c3ccc(C(C)(C)C)cc3)c3nc4ccccc4nc32)cc1.[Ir].[c-]1ccccc1N1[CH-]N(c2ccccc2)c2nccnc21. The first kappa shape index (κ1) is 37.7. The average molecular weight is 899 g/mol. The summed E-state index contributed by atoms with van der Waals surface area (Å²) in [5.74, 6) is 3.27. The van der Waals surface area contributed by atoms with E-state index >= 15 is 0 Å². The van der Waals surface area contributed by atoms with E-state index in [1.165, 1.54) is 11.1 Å². The van der Waals surface area contributed by atoms with Crippen molar-refractivity contribution < 1.29 is 20.1 Å². The van der Waals surface area contributed by atoms with Gasteiger partial charge in [0.2, 0.25) is 0 Å². The normalized spacial score (nSPS) is 13.6. The minimum absolute atomic E-state index is 0. The number of anilines is 8. The summed E-state index contributed by atoms with van der Waals surface area (Å²) in [7, 11) is 0. The second kappa shape index (κ2) is 15.2. The third kappa shape index (κ3) is 7.68. The first-order valence-electron chi connectivity index (χ1n) is 18.1. The van der Waals surface area contributed by atoms with Crippen molar-refractivity contribution in [2.75, 3.05) is 19.6 Å². The summed E-state index contributed by atoms with van der Waals surface area (Å²) in [5, 5.41) is 0. The maximum absolute atomic E-state index is 4.99. The monoisotopic (exact) mass is 899 g/mol. The van der Waals surface area contributed by atoms with Gasteiger partial charge in [0.1, 0.15) is 23.3 Å². The molecule has 0 atom stereocenters. The fraction of sp³-hybridized carbons (Fsp3) is 0.174. The van der Waals surface area contributed by atoms with Crippen LogP contribution in [0.3, 0.4) is 0 Å². The molecule has 55 heavy (non-hydrogen) atoms. The van der Waals surface area contributed by atoms with Gasteiger partial charge in [0.15, 0.2) is 0 Å². The van der Waals surface area contributed by atoms with E-state index in [4.69, 9.17) is 9.97 Å². The van der Waals surface area contributed by atoms with Crippen LogP contribution in [-0.4, -0.2) is 19.9 Å². The second-order valence-electron chi connectivity index (χ2n) is 15.4. The molecule has 0 bridgehead atoms. The Hall–Kier alpha value is -5.63. The molecule has 2 aliphatic heterocycles. The summed E-state index contributed by atoms with van der Waals surface area (Å²) in [6, 6.07) is 47.8. The van der Waals surface area contributed by atoms with Gasteiger partial charge in [-0.05, 0) is 47.4 Å². The van der Waals surface area contributed by atoms with Crippen molar-refractivity contribution >= 4 is 57.1 Å². The van der Waals surface area contributed by atoms with Crippen LogP contribution in [0.15, 0.2) is 134 Å². The van der Waals surface area contributed by atoms with Crippen molar-refractivity contribution in [2.24, 2.45) is 0 Å². The molecule has 0 N–H and O–H groups in total. The smallest absolute Gasteiger partial charge is 0.146 e. The van der Waals surface area contributed by atoms with E-state index in [1.807, 2.05) is 95.3 Å². The summed E-state index contributed by atoms with van der Waals surface area (Å²) in [5.41, 5.74) is 8.51. The molecule has 9 heteroatoms. The number of fused-ring (bicyclic) bond motifs is 3. The topological polar surface area (TPSA) is 64.5 Å². The van der Waals surface area contributed by atoms with Gasteiger partial charge in [-0.2, -0.15) is 54.1 Å². The zero-order valence-corrected chi connectivity index (χ0v) is 34.2. The Kier molecular flexibility index (Phi) is 10.4. The standard InChI is InChI=1S/C29H30N4.C17H12N4.Ir/c1-28(2,3)20-11-15-22(16-12-20)32-19-33(23-17-13-21(14-18-23)29(4,5)6)27-26(32)30-24-9-7-8-10-25(24)31-27;1-3-7-14(8-4-1)20-13-21(15-9-5-2-6-10-15)17-16(20)18-11-12-19-17;/h7-17,19H,1-6H3;1-9,11-13H;/q2*-2;. The zero-order chi connectivity index (χ0) is 37.5. The molecular formula is C46H42IrN8-4. The molecule has 0 aliphatic carbocycles. The van der Waals surface area contributed by atoms with Gasteiger partial charge in [0.05, 0.1) is 11.0 Å². The van der Waals surface area contributed by atoms with Gasteiger partial charge in [0.25, 0.3) is 0 Å². The number of aromatic nitrogens is 4. The summed E-state index contributed by atoms with van der Waals surface area (Å²) in [6.45, 7) is 17.4. The van der Waals surface area contributed by atoms with Gasteiger partial charge in [-0.3, -0.25) is 0 Å². The fourth-order valence-corrected chi connectivity index (χ4v) is 6.43. The van der Waals surface area contributed by atoms with Crippen LogP contribution in [-0.2, 0) is 30.9 Å². The minimum Gasteiger partial charge on any atom is -0.477 e. The second-order valence-corrected chi connectivity index (χ2v) is 15.4. The molecule has 9 rings (SSSR count). The Balaban J connectivity index is 0.000000182. The Labute approximate surface area is 337 Å². The minimum atomic E-state index is 0. The first-order valence-corrected chi connectivity index (χ1v) is 18.1. The van der Waals surface area contributed by atoms with Crippen LogP contribution in [0.4, 0.5) is 46.0 Å². The number of hydrogen-bond donors (Lipinski definition) is 0. The van der Waals surface area contributed by atoms with Gasteiger partial charge >= 0.3 is 0 Å². The van der Waals surface area contributed by atoms with Gasteiger partial charge in [-0.15, -0.1) is 30.8 Å². The Morgan fingerprint density at radius 1 is 0.473 bits per heavy atom. The molecule has 5 aromatic carbocycles. The molecule has 0 unspecified atom stereocenters. The van der Waals surface area contributed by atoms with E-state index in [-0.39, 0.29) is 30.9 Å². The third-order valence-corrected chi connectivity index (χ3v) is 9.49. The summed E-state index contributed by atoms with van der Waals surface area (Å²) >= 11 is 0. The van der Waals surface area contributed by atoms with E-state index in [9.17, 15) is 0 Å². The molecule has 2 aromatic heterocycles. The third-order valence-electron chi connectivity index (χ3n) is 9.49. The quantitative estimate of drug-likeness (QED) is 0.162. The van der Waals surface area contributed by atoms with Crippen molar-refractivity contribution in [1.82, 2.24) is 19.9 Å². The Morgan fingerprint density at radius 2 is 0.964 bits per heavy atom. The molecule has 0 saturated carbocycles. The van der Waals surface area contributed by atoms with Crippen molar-refractivity contribution in [3.63, 3.8) is 0 Å². The number of para-hydroxylation sites is 4. The molecule has 4 heterocycles. The van der Waals surface area contributed by atoms with Gasteiger partial charge < -0.3 is 19.6 Å². The predicted octanol–water partition coefficient (Wildman–Crippen LogP) is 11.1. The van der Waals surface area contributed by atoms with Crippen LogP contribution in [0, 0.1) is 25.5 Å². The van der Waals surface area contributed by atoms with Crippen molar-refractivity contribution in [1.29, 1.82) is 0 Å². The molecule has 0 saturated heterocycles. The zero-order valence-electron chi connectivity index (χ0n) is 31.8. The van der Waals surface area contributed by atoms with E-state index < -0.39 is 0 Å². The molecule has 8 nitrogen and oxygen atoms in total. The molecule has 1 radical (unpaired) electrons. The van der Waals surface area contributed by atoms with Crippen LogP contribution < -0.4 is 19.6 Å². The van der Waals surface area contributed by atoms with Gasteiger partial charge in [-0.25, -0.2) is 19.9 Å². The predicted molar refractivity (Wildman–Crippen MR) is 220 cm³/mol. The molecular weight excluding hydrogens is 857 g/mol. The van der Waals surface area contributed by atoms with Crippen molar-refractivity contribution in [3.05, 3.63) is 170 Å². The van der Waals surface area contributed by atoms with Gasteiger partial charge in [0, 0.05) is 43.9 Å². The van der Waals surface area contributed by atoms with Gasteiger partial charge in [-0.1, -0.05) is 89.4 Å². The van der Waals surface area contributed by atoms with Crippen molar-refractivity contribution in [3.8, 4) is 0 Å². The summed E-state index contributed by atoms with van der Waals surface area (Å²) < 4.78 is 0. The Bertz CT molecular complexity index is 2210. The van der Waals surface area contributed by atoms with Crippen LogP contribution in [0.5, 0.6) is 0 Å². The molecule has 0 spiro atoms. The fourth-order valence-electron chi connectivity index (χ4n) is 6.43. The summed E-state index contributed by atoms with van der Waals surface area (Å²) in [6.07, 6.45) is 3.41. The summed E-state index contributed by atoms with van der Waals surface area (Å²) in [4.78, 5) is 27.1. The van der Waals surface area contributed by atoms with E-state index in [1.54, 1.807) is 12.4 Å².